The van der Waals surface area contributed by atoms with E-state index in [0.717, 1.165) is 38.5 Å². The predicted molar refractivity (Wildman–Crippen MR) is 105 cm³/mol. The zero-order chi connectivity index (χ0) is 18.6. The van der Waals surface area contributed by atoms with Crippen LogP contribution < -0.4 is 5.32 Å². The molecule has 0 bridgehead atoms. The fraction of sp³-hybridized carbons (Fsp3) is 0.909. The second-order valence-electron chi connectivity index (χ2n) is 9.09. The van der Waals surface area contributed by atoms with Gasteiger partial charge in [-0.25, -0.2) is 0 Å². The number of hydrogen-bond acceptors (Lipinski definition) is 3. The molecular formula is C22H38N2O2. The molecule has 1 heterocycles. The van der Waals surface area contributed by atoms with E-state index in [-0.39, 0.29) is 17.7 Å². The predicted octanol–water partition coefficient (Wildman–Crippen LogP) is 3.93. The summed E-state index contributed by atoms with van der Waals surface area (Å²) in [7, 11) is 0. The Morgan fingerprint density at radius 3 is 2.04 bits per heavy atom. The van der Waals surface area contributed by atoms with E-state index in [2.05, 4.69) is 17.1 Å². The molecule has 2 aliphatic carbocycles. The first-order chi connectivity index (χ1) is 12.5. The van der Waals surface area contributed by atoms with Gasteiger partial charge in [0.1, 0.15) is 5.78 Å². The van der Waals surface area contributed by atoms with Crippen LogP contribution in [0.25, 0.3) is 0 Å². The molecule has 1 N–H and O–H groups in total. The molecule has 2 saturated carbocycles. The van der Waals surface area contributed by atoms with Gasteiger partial charge in [0.2, 0.25) is 5.91 Å². The van der Waals surface area contributed by atoms with E-state index in [1.165, 1.54) is 45.3 Å². The number of rotatable bonds is 5. The minimum atomic E-state index is 0.222. The molecule has 0 aromatic carbocycles. The summed E-state index contributed by atoms with van der Waals surface area (Å²) in [5, 5.41) is 3.32. The maximum Gasteiger partial charge on any atom is 0.223 e. The van der Waals surface area contributed by atoms with E-state index in [1.54, 1.807) is 0 Å². The smallest absolute Gasteiger partial charge is 0.223 e. The Morgan fingerprint density at radius 2 is 1.50 bits per heavy atom. The highest BCUT2D eigenvalue weighted by Crippen LogP contribution is 2.46. The van der Waals surface area contributed by atoms with Crippen molar-refractivity contribution in [3.05, 3.63) is 0 Å². The van der Waals surface area contributed by atoms with Crippen molar-refractivity contribution in [2.75, 3.05) is 19.6 Å². The normalized spacial score (nSPS) is 30.2. The van der Waals surface area contributed by atoms with Crippen LogP contribution in [0.3, 0.4) is 0 Å². The lowest BCUT2D eigenvalue weighted by Crippen LogP contribution is -2.45. The summed E-state index contributed by atoms with van der Waals surface area (Å²) in [5.41, 5.74) is 0.529. The number of ketones is 1. The maximum atomic E-state index is 12.7. The van der Waals surface area contributed by atoms with Gasteiger partial charge in [-0.3, -0.25) is 9.59 Å². The first-order valence-electron chi connectivity index (χ1n) is 11.1. The lowest BCUT2D eigenvalue weighted by atomic mass is 9.65. The van der Waals surface area contributed by atoms with E-state index in [0.29, 0.717) is 23.7 Å². The Bertz CT molecular complexity index is 478. The molecule has 4 nitrogen and oxygen atoms in total. The second kappa shape index (κ2) is 8.86. The first-order valence-corrected chi connectivity index (χ1v) is 11.1. The highest BCUT2D eigenvalue weighted by molar-refractivity contribution is 5.81. The first kappa shape index (κ1) is 19.9. The Kier molecular flexibility index (Phi) is 6.76. The van der Waals surface area contributed by atoms with E-state index >= 15 is 0 Å². The Hall–Kier alpha value is -0.900. The van der Waals surface area contributed by atoms with Crippen LogP contribution in [-0.2, 0) is 9.59 Å². The van der Waals surface area contributed by atoms with Gasteiger partial charge in [-0.15, -0.1) is 0 Å². The minimum Gasteiger partial charge on any atom is -0.353 e. The van der Waals surface area contributed by atoms with Gasteiger partial charge >= 0.3 is 0 Å². The van der Waals surface area contributed by atoms with Gasteiger partial charge in [0, 0.05) is 24.3 Å². The van der Waals surface area contributed by atoms with Crippen LogP contribution in [0.5, 0.6) is 0 Å². The SMILES string of the molecule is CCC(=O)C1CCC(NC(=O)C2CCC3(CC2)CCN(CC)CC3)CC1. The average molecular weight is 363 g/mol. The topological polar surface area (TPSA) is 49.4 Å². The number of piperidine rings is 1. The highest BCUT2D eigenvalue weighted by Gasteiger charge is 2.39. The molecule has 0 radical (unpaired) electrons. The summed E-state index contributed by atoms with van der Waals surface area (Å²) in [6, 6.07) is 0.298. The Labute approximate surface area is 159 Å². The minimum absolute atomic E-state index is 0.222. The Morgan fingerprint density at radius 1 is 0.885 bits per heavy atom. The standard InChI is InChI=1S/C22H38N2O2/c1-3-20(25)17-5-7-19(8-6-17)23-21(26)18-9-11-22(12-10-18)13-15-24(4-2)16-14-22/h17-19H,3-16H2,1-2H3,(H,23,26). The van der Waals surface area contributed by atoms with Crippen molar-refractivity contribution in [3.63, 3.8) is 0 Å². The van der Waals surface area contributed by atoms with E-state index < -0.39 is 0 Å². The number of nitrogens with one attached hydrogen (secondary N) is 1. The molecule has 1 amide bonds. The van der Waals surface area contributed by atoms with Gasteiger partial charge in [0.25, 0.3) is 0 Å². The fourth-order valence-corrected chi connectivity index (χ4v) is 5.50. The monoisotopic (exact) mass is 362 g/mol. The number of Topliss-reactive ketones (excluding diaryl/α,β-unsaturated/α-hetero) is 1. The number of nitrogens with zero attached hydrogens (tertiary/aromatic N) is 1. The highest BCUT2D eigenvalue weighted by atomic mass is 16.2. The van der Waals surface area contributed by atoms with Crippen LogP contribution in [0.4, 0.5) is 0 Å². The van der Waals surface area contributed by atoms with Crippen molar-refractivity contribution in [3.8, 4) is 0 Å². The molecule has 0 atom stereocenters. The van der Waals surface area contributed by atoms with Crippen LogP contribution in [0, 0.1) is 17.3 Å². The molecule has 0 aromatic heterocycles. The summed E-state index contributed by atoms with van der Waals surface area (Å²) in [5.74, 6) is 1.16. The fourth-order valence-electron chi connectivity index (χ4n) is 5.50. The third-order valence-corrected chi connectivity index (χ3v) is 7.66. The molecule has 0 aromatic rings. The van der Waals surface area contributed by atoms with Gasteiger partial charge in [0.05, 0.1) is 0 Å². The second-order valence-corrected chi connectivity index (χ2v) is 9.09. The molecule has 3 rings (SSSR count). The van der Waals surface area contributed by atoms with Crippen molar-refractivity contribution in [2.45, 2.75) is 90.5 Å². The molecular weight excluding hydrogens is 324 g/mol. The largest absolute Gasteiger partial charge is 0.353 e. The molecule has 148 valence electrons. The third-order valence-electron chi connectivity index (χ3n) is 7.66. The van der Waals surface area contributed by atoms with Crippen LogP contribution >= 0.6 is 0 Å². The molecule has 0 unspecified atom stereocenters. The average Bonchev–Trinajstić information content (AvgIpc) is 2.69. The molecule has 1 spiro atoms. The number of likely N-dealkylation sites (tertiary alicyclic amines) is 1. The zero-order valence-corrected chi connectivity index (χ0v) is 16.9. The van der Waals surface area contributed by atoms with E-state index in [9.17, 15) is 9.59 Å². The van der Waals surface area contributed by atoms with Gasteiger partial charge in [0.15, 0.2) is 0 Å². The van der Waals surface area contributed by atoms with E-state index in [4.69, 9.17) is 0 Å². The molecule has 1 saturated heterocycles. The van der Waals surface area contributed by atoms with Gasteiger partial charge in [-0.05, 0) is 89.3 Å². The van der Waals surface area contributed by atoms with Gasteiger partial charge in [-0.2, -0.15) is 0 Å². The van der Waals surface area contributed by atoms with Crippen molar-refractivity contribution in [2.24, 2.45) is 17.3 Å². The van der Waals surface area contributed by atoms with Crippen LogP contribution in [0.1, 0.15) is 84.5 Å². The van der Waals surface area contributed by atoms with Crippen molar-refractivity contribution in [1.29, 1.82) is 0 Å². The van der Waals surface area contributed by atoms with Crippen molar-refractivity contribution >= 4 is 11.7 Å². The molecule has 3 aliphatic rings. The Balaban J connectivity index is 1.40. The lowest BCUT2D eigenvalue weighted by Gasteiger charge is -2.45. The summed E-state index contributed by atoms with van der Waals surface area (Å²) in [6.45, 7) is 7.87. The van der Waals surface area contributed by atoms with Crippen LogP contribution in [0.2, 0.25) is 0 Å². The molecule has 4 heteroatoms. The molecule has 3 fully saturated rings. The lowest BCUT2D eigenvalue weighted by molar-refractivity contribution is -0.128. The zero-order valence-electron chi connectivity index (χ0n) is 16.9. The number of hydrogen-bond donors (Lipinski definition) is 1. The van der Waals surface area contributed by atoms with Crippen molar-refractivity contribution < 1.29 is 9.59 Å². The maximum absolute atomic E-state index is 12.7. The third kappa shape index (κ3) is 4.68. The number of carbonyl (C=O) groups is 2. The van der Waals surface area contributed by atoms with Gasteiger partial charge < -0.3 is 10.2 Å². The summed E-state index contributed by atoms with van der Waals surface area (Å²) in [6.07, 6.45) is 11.8. The molecule has 1 aliphatic heterocycles. The summed E-state index contributed by atoms with van der Waals surface area (Å²) in [4.78, 5) is 27.1. The quantitative estimate of drug-likeness (QED) is 0.806. The number of carbonyl (C=O) groups excluding carboxylic acids is 2. The van der Waals surface area contributed by atoms with Crippen LogP contribution in [-0.4, -0.2) is 42.3 Å². The summed E-state index contributed by atoms with van der Waals surface area (Å²) < 4.78 is 0. The number of amides is 1. The molecule has 26 heavy (non-hydrogen) atoms. The van der Waals surface area contributed by atoms with Gasteiger partial charge in [-0.1, -0.05) is 13.8 Å². The van der Waals surface area contributed by atoms with Crippen molar-refractivity contribution in [1.82, 2.24) is 10.2 Å². The van der Waals surface area contributed by atoms with Crippen LogP contribution in [0.15, 0.2) is 0 Å². The summed E-state index contributed by atoms with van der Waals surface area (Å²) >= 11 is 0. The van der Waals surface area contributed by atoms with E-state index in [1.807, 2.05) is 6.92 Å².